The van der Waals surface area contributed by atoms with E-state index < -0.39 is 23.3 Å². The van der Waals surface area contributed by atoms with E-state index in [1.54, 1.807) is 13.0 Å². The maximum atomic E-state index is 14.2. The van der Waals surface area contributed by atoms with Gasteiger partial charge < -0.3 is 10.4 Å². The molecular weight excluding hydrogens is 290 g/mol. The van der Waals surface area contributed by atoms with Crippen LogP contribution in [0.15, 0.2) is 43.5 Å². The molecule has 5 nitrogen and oxygen atoms in total. The summed E-state index contributed by atoms with van der Waals surface area (Å²) < 4.78 is 28.7. The van der Waals surface area contributed by atoms with Gasteiger partial charge in [0.15, 0.2) is 0 Å². The first-order valence-electron chi connectivity index (χ1n) is 6.82. The Bertz CT molecular complexity index is 632. The molecule has 1 aromatic heterocycles. The van der Waals surface area contributed by atoms with E-state index in [0.29, 0.717) is 6.54 Å². The van der Waals surface area contributed by atoms with Crippen molar-refractivity contribution >= 4 is 0 Å². The van der Waals surface area contributed by atoms with Crippen molar-refractivity contribution in [2.24, 2.45) is 0 Å². The Kier molecular flexibility index (Phi) is 4.99. The second kappa shape index (κ2) is 6.76. The molecule has 1 heterocycles. The summed E-state index contributed by atoms with van der Waals surface area (Å²) in [6.07, 6.45) is 4.38. The smallest absolute Gasteiger partial charge is 0.137 e. The van der Waals surface area contributed by atoms with Crippen LogP contribution in [0.3, 0.4) is 0 Å². The van der Waals surface area contributed by atoms with Crippen LogP contribution in [0.5, 0.6) is 0 Å². The van der Waals surface area contributed by atoms with Crippen LogP contribution >= 0.6 is 0 Å². The van der Waals surface area contributed by atoms with E-state index in [9.17, 15) is 13.9 Å². The molecule has 0 aliphatic rings. The van der Waals surface area contributed by atoms with Crippen LogP contribution in [0.1, 0.15) is 12.5 Å². The molecule has 0 aliphatic carbocycles. The summed E-state index contributed by atoms with van der Waals surface area (Å²) in [5, 5.41) is 18.0. The Morgan fingerprint density at radius 3 is 2.86 bits per heavy atom. The average Bonchev–Trinajstić information content (AvgIpc) is 2.97. The summed E-state index contributed by atoms with van der Waals surface area (Å²) in [5.74, 6) is -1.51. The van der Waals surface area contributed by atoms with Crippen molar-refractivity contribution in [3.05, 3.63) is 60.7 Å². The van der Waals surface area contributed by atoms with Crippen LogP contribution in [0.2, 0.25) is 0 Å². The topological polar surface area (TPSA) is 63.0 Å². The van der Waals surface area contributed by atoms with Crippen LogP contribution in [-0.2, 0) is 12.1 Å². The number of nitrogens with one attached hydrogen (secondary N) is 1. The second-order valence-corrected chi connectivity index (χ2v) is 5.06. The molecule has 0 amide bonds. The normalized spacial score (nSPS) is 15.3. The molecule has 0 bridgehead atoms. The van der Waals surface area contributed by atoms with Gasteiger partial charge in [-0.1, -0.05) is 12.1 Å². The van der Waals surface area contributed by atoms with Gasteiger partial charge in [0.2, 0.25) is 0 Å². The zero-order valence-corrected chi connectivity index (χ0v) is 12.2. The maximum absolute atomic E-state index is 14.2. The van der Waals surface area contributed by atoms with Crippen LogP contribution in [-0.4, -0.2) is 32.5 Å². The van der Waals surface area contributed by atoms with Crippen LogP contribution in [0, 0.1) is 11.6 Å². The summed E-state index contributed by atoms with van der Waals surface area (Å²) in [6, 6.07) is 2.58. The van der Waals surface area contributed by atoms with E-state index in [1.807, 2.05) is 0 Å². The summed E-state index contributed by atoms with van der Waals surface area (Å²) >= 11 is 0. The molecule has 7 heteroatoms. The van der Waals surface area contributed by atoms with Crippen molar-refractivity contribution < 1.29 is 13.9 Å². The molecule has 0 saturated heterocycles. The third kappa shape index (κ3) is 3.37. The number of benzene rings is 1. The molecule has 22 heavy (non-hydrogen) atoms. The highest BCUT2D eigenvalue weighted by molar-refractivity contribution is 5.27. The third-order valence-corrected chi connectivity index (χ3v) is 3.55. The van der Waals surface area contributed by atoms with Crippen molar-refractivity contribution in [2.75, 3.05) is 6.54 Å². The zero-order valence-electron chi connectivity index (χ0n) is 12.2. The predicted octanol–water partition coefficient (Wildman–Crippen LogP) is 1.61. The van der Waals surface area contributed by atoms with Crippen molar-refractivity contribution in [3.63, 3.8) is 0 Å². The van der Waals surface area contributed by atoms with E-state index in [4.69, 9.17) is 0 Å². The molecule has 0 fully saturated rings. The number of aromatic nitrogens is 3. The van der Waals surface area contributed by atoms with Gasteiger partial charge in [-0.15, -0.1) is 6.58 Å². The summed E-state index contributed by atoms with van der Waals surface area (Å²) in [7, 11) is 0. The third-order valence-electron chi connectivity index (χ3n) is 3.55. The first-order chi connectivity index (χ1) is 10.5. The lowest BCUT2D eigenvalue weighted by atomic mass is 9.86. The first kappa shape index (κ1) is 16.3. The number of hydrogen-bond acceptors (Lipinski definition) is 4. The average molecular weight is 308 g/mol. The Morgan fingerprint density at radius 1 is 1.50 bits per heavy atom. The lowest BCUT2D eigenvalue weighted by molar-refractivity contribution is -0.0190. The molecule has 2 N–H and O–H groups in total. The summed E-state index contributed by atoms with van der Waals surface area (Å²) in [6.45, 7) is 5.72. The fourth-order valence-electron chi connectivity index (χ4n) is 2.29. The zero-order chi connectivity index (χ0) is 16.2. The van der Waals surface area contributed by atoms with Gasteiger partial charge in [-0.25, -0.2) is 18.4 Å². The SMILES string of the molecule is C=CCN[C@@H](C)[C@@](O)(Cn1cncn1)c1ccc(F)cc1F. The molecular formula is C15H18F2N4O. The van der Waals surface area contributed by atoms with E-state index >= 15 is 0 Å². The predicted molar refractivity (Wildman–Crippen MR) is 77.9 cm³/mol. The molecule has 0 unspecified atom stereocenters. The molecule has 2 atom stereocenters. The molecule has 0 radical (unpaired) electrons. The van der Waals surface area contributed by atoms with Gasteiger partial charge in [0.05, 0.1) is 6.54 Å². The van der Waals surface area contributed by atoms with Gasteiger partial charge in [0.25, 0.3) is 0 Å². The van der Waals surface area contributed by atoms with Crippen molar-refractivity contribution in [3.8, 4) is 0 Å². The Hall–Kier alpha value is -2.12. The minimum absolute atomic E-state index is 0.00605. The van der Waals surface area contributed by atoms with Crippen molar-refractivity contribution in [2.45, 2.75) is 25.1 Å². The lowest BCUT2D eigenvalue weighted by Crippen LogP contribution is -2.50. The highest BCUT2D eigenvalue weighted by atomic mass is 19.1. The Labute approximate surface area is 127 Å². The van der Waals surface area contributed by atoms with Gasteiger partial charge >= 0.3 is 0 Å². The number of halogens is 2. The molecule has 2 rings (SSSR count). The number of aliphatic hydroxyl groups is 1. The standard InChI is InChI=1S/C15H18F2N4O/c1-3-6-19-11(2)15(22,8-21-10-18-9-20-21)13-5-4-12(16)7-14(13)17/h3-5,7,9-11,19,22H,1,6,8H2,2H3/t11-,15-/m0/s1. The van der Waals surface area contributed by atoms with E-state index in [-0.39, 0.29) is 12.1 Å². The highest BCUT2D eigenvalue weighted by Gasteiger charge is 2.38. The van der Waals surface area contributed by atoms with Gasteiger partial charge in [0, 0.05) is 24.2 Å². The molecule has 2 aromatic rings. The minimum Gasteiger partial charge on any atom is -0.381 e. The first-order valence-corrected chi connectivity index (χ1v) is 6.82. The van der Waals surface area contributed by atoms with Crippen LogP contribution in [0.25, 0.3) is 0 Å². The van der Waals surface area contributed by atoms with Crippen molar-refractivity contribution in [1.82, 2.24) is 20.1 Å². The molecule has 0 saturated carbocycles. The van der Waals surface area contributed by atoms with E-state index in [1.165, 1.54) is 23.4 Å². The van der Waals surface area contributed by atoms with Crippen molar-refractivity contribution in [1.29, 1.82) is 0 Å². The Morgan fingerprint density at radius 2 is 2.27 bits per heavy atom. The monoisotopic (exact) mass is 308 g/mol. The summed E-state index contributed by atoms with van der Waals surface area (Å²) in [4.78, 5) is 3.81. The van der Waals surface area contributed by atoms with E-state index in [0.717, 1.165) is 12.1 Å². The van der Waals surface area contributed by atoms with Crippen LogP contribution < -0.4 is 5.32 Å². The summed E-state index contributed by atoms with van der Waals surface area (Å²) in [5.41, 5.74) is -1.64. The van der Waals surface area contributed by atoms with Gasteiger partial charge in [-0.2, -0.15) is 5.10 Å². The van der Waals surface area contributed by atoms with Gasteiger partial charge in [0.1, 0.15) is 29.9 Å². The number of nitrogens with zero attached hydrogens (tertiary/aromatic N) is 3. The molecule has 0 spiro atoms. The highest BCUT2D eigenvalue weighted by Crippen LogP contribution is 2.29. The Balaban J connectivity index is 2.41. The van der Waals surface area contributed by atoms with Gasteiger partial charge in [-0.3, -0.25) is 0 Å². The molecule has 1 aromatic carbocycles. The minimum atomic E-state index is -1.63. The fraction of sp³-hybridized carbons (Fsp3) is 0.333. The molecule has 0 aliphatic heterocycles. The van der Waals surface area contributed by atoms with Crippen LogP contribution in [0.4, 0.5) is 8.78 Å². The fourth-order valence-corrected chi connectivity index (χ4v) is 2.29. The van der Waals surface area contributed by atoms with Gasteiger partial charge in [-0.05, 0) is 13.0 Å². The molecule has 118 valence electrons. The number of rotatable bonds is 7. The maximum Gasteiger partial charge on any atom is 0.137 e. The van der Waals surface area contributed by atoms with E-state index in [2.05, 4.69) is 22.0 Å². The second-order valence-electron chi connectivity index (χ2n) is 5.06. The lowest BCUT2D eigenvalue weighted by Gasteiger charge is -2.35. The number of hydrogen-bond donors (Lipinski definition) is 2. The quantitative estimate of drug-likeness (QED) is 0.763. The largest absolute Gasteiger partial charge is 0.381 e.